The third kappa shape index (κ3) is 26.3. The Labute approximate surface area is 818 Å². The number of aliphatic hydroxyl groups is 12. The molecule has 0 unspecified atom stereocenters. The van der Waals surface area contributed by atoms with Crippen molar-refractivity contribution in [2.75, 3.05) is 76.7 Å². The number of aliphatic hydroxyl groups excluding tert-OH is 12. The van der Waals surface area contributed by atoms with E-state index in [4.69, 9.17) is 110 Å². The molecule has 0 amide bonds. The lowest BCUT2D eigenvalue weighted by Crippen LogP contribution is -2.33. The smallest absolute Gasteiger partial charge is 0.387 e. The number of nitrogens with one attached hydrogen (secondary N) is 4. The van der Waals surface area contributed by atoms with E-state index in [0.717, 1.165) is 5.69 Å². The van der Waals surface area contributed by atoms with Crippen molar-refractivity contribution in [3.05, 3.63) is 107 Å². The number of phosphoric ester groups is 6. The van der Waals surface area contributed by atoms with Crippen molar-refractivity contribution < 1.29 is 208 Å². The van der Waals surface area contributed by atoms with Crippen LogP contribution in [0.15, 0.2) is 84.9 Å². The Bertz CT molecular complexity index is 6950. The molecule has 0 bridgehead atoms. The van der Waals surface area contributed by atoms with Crippen LogP contribution in [-0.4, -0.2) is 394 Å². The molecule has 0 aliphatic carbocycles. The fourth-order valence-corrected chi connectivity index (χ4v) is 17.5. The van der Waals surface area contributed by atoms with E-state index in [2.05, 4.69) is 118 Å². The Kier molecular flexibility index (Phi) is 36.0. The number of Topliss-reactive ketones (excluding diaryl/α,β-unsaturated/α-hetero) is 1. The molecule has 7 aliphatic rings. The number of hydrogen-bond donors (Lipinski definition) is 28. The summed E-state index contributed by atoms with van der Waals surface area (Å²) in [6.45, 7) is -1.93. The maximum atomic E-state index is 11.7. The topological polar surface area (TPSA) is 1030 Å². The Morgan fingerprint density at radius 1 is 0.418 bits per heavy atom. The summed E-state index contributed by atoms with van der Waals surface area (Å²) < 4.78 is 133. The number of hydrogen-bond acceptors (Lipinski definition) is 49. The highest BCUT2D eigenvalue weighted by Gasteiger charge is 2.52. The summed E-state index contributed by atoms with van der Waals surface area (Å²) in [6.07, 6.45) is -16.4. The van der Waals surface area contributed by atoms with E-state index in [1.54, 1.807) is 59.5 Å². The summed E-state index contributed by atoms with van der Waals surface area (Å²) in [5.41, 5.74) is 14.0. The third-order valence-electron chi connectivity index (χ3n) is 22.2. The van der Waals surface area contributed by atoms with Gasteiger partial charge in [0.15, 0.2) is 99.7 Å². The molecule has 146 heavy (non-hydrogen) atoms. The van der Waals surface area contributed by atoms with Gasteiger partial charge in [0.1, 0.15) is 138 Å². The highest BCUT2D eigenvalue weighted by Crippen LogP contribution is 2.48. The van der Waals surface area contributed by atoms with E-state index in [9.17, 15) is 93.5 Å². The number of aromatic nitrogens is 19. The molecule has 0 spiro atoms. The molecule has 6 saturated heterocycles. The number of pyridine rings is 3. The number of fused-ring (bicyclic) bond motifs is 6. The summed E-state index contributed by atoms with van der Waals surface area (Å²) in [5.74, 6) is 0.747. The molecule has 800 valence electrons. The van der Waals surface area contributed by atoms with Crippen LogP contribution in [0.1, 0.15) is 60.1 Å². The number of imidazole rings is 6. The van der Waals surface area contributed by atoms with Gasteiger partial charge < -0.3 is 169 Å². The van der Waals surface area contributed by atoms with Crippen LogP contribution in [0.25, 0.3) is 66.3 Å². The molecule has 18 heterocycles. The third-order valence-corrected chi connectivity index (χ3v) is 25.4. The fourth-order valence-electron chi connectivity index (χ4n) is 15.3. The van der Waals surface area contributed by atoms with Gasteiger partial charge in [0.05, 0.1) is 94.0 Å². The first kappa shape index (κ1) is 113. The quantitative estimate of drug-likeness (QED) is 0.00944. The summed E-state index contributed by atoms with van der Waals surface area (Å²) in [5, 5.41) is 142. The van der Waals surface area contributed by atoms with Gasteiger partial charge in [-0.1, -0.05) is 11.6 Å². The second-order valence-electron chi connectivity index (χ2n) is 31.8. The van der Waals surface area contributed by atoms with E-state index in [1.165, 1.54) is 88.5 Å². The van der Waals surface area contributed by atoms with Crippen molar-refractivity contribution in [3.63, 3.8) is 0 Å². The highest BCUT2D eigenvalue weighted by molar-refractivity contribution is 7.47. The predicted molar refractivity (Wildman–Crippen MR) is 480 cm³/mol. The first-order valence-electron chi connectivity index (χ1n) is 41.8. The number of aryl methyl sites for hydroxylation is 2. The average molecular weight is 2210 g/mol. The van der Waals surface area contributed by atoms with Gasteiger partial charge in [0.2, 0.25) is 5.95 Å². The normalized spacial score (nSPS) is 27.8. The molecule has 11 aromatic heterocycles. The van der Waals surface area contributed by atoms with E-state index in [-0.39, 0.29) is 52.0 Å². The molecule has 0 radical (unpaired) electrons. The molecule has 11 aromatic rings. The second kappa shape index (κ2) is 46.4. The number of aliphatic imine (C=N–C) groups is 1. The summed E-state index contributed by atoms with van der Waals surface area (Å²) in [6, 6.07) is 4.92. The Morgan fingerprint density at radius 3 is 1.15 bits per heavy atom. The molecule has 24 atom stereocenters. The minimum atomic E-state index is -4.79. The van der Waals surface area contributed by atoms with Gasteiger partial charge in [0, 0.05) is 64.3 Å². The molecule has 7 aliphatic heterocycles. The monoisotopic (exact) mass is 2210 g/mol. The van der Waals surface area contributed by atoms with Crippen molar-refractivity contribution in [1.82, 2.24) is 91.8 Å². The molecule has 18 rings (SSSR count). The van der Waals surface area contributed by atoms with Gasteiger partial charge in [-0.15, -0.1) is 0 Å². The van der Waals surface area contributed by atoms with Gasteiger partial charge in [0.25, 0.3) is 0 Å². The molecule has 0 aromatic carbocycles. The number of anilines is 3. The van der Waals surface area contributed by atoms with Crippen LogP contribution in [-0.2, 0) is 90.0 Å². The van der Waals surface area contributed by atoms with E-state index in [0.29, 0.717) is 61.4 Å². The van der Waals surface area contributed by atoms with E-state index < -0.39 is 234 Å². The van der Waals surface area contributed by atoms with Gasteiger partial charge in [-0.25, -0.2) is 92.2 Å². The van der Waals surface area contributed by atoms with Crippen molar-refractivity contribution in [1.29, 1.82) is 5.41 Å². The minimum absolute atomic E-state index is 0.105. The molecule has 6 fully saturated rings. The summed E-state index contributed by atoms with van der Waals surface area (Å²) in [4.78, 5) is 173. The molecule has 28 N–H and O–H groups in total. The lowest BCUT2D eigenvalue weighted by Gasteiger charge is -2.18. The number of ketones is 1. The molecule has 0 saturated carbocycles. The number of azide groups is 1. The Morgan fingerprint density at radius 2 is 0.753 bits per heavy atom. The zero-order valence-electron chi connectivity index (χ0n) is 75.1. The number of halogens is 1. The Balaban J connectivity index is 0.000000147. The predicted octanol–water partition coefficient (Wildman–Crippen LogP) is -5.06. The maximum Gasteiger partial charge on any atom is 0.469 e. The van der Waals surface area contributed by atoms with Crippen LogP contribution in [0.4, 0.5) is 29.0 Å². The average Bonchev–Trinajstić information content (AvgIpc) is 1.62. The number of phosphoric acid groups is 6. The maximum absolute atomic E-state index is 11.7. The Hall–Kier alpha value is -9.75. The summed E-state index contributed by atoms with van der Waals surface area (Å²) in [7, 11) is -21.7. The van der Waals surface area contributed by atoms with Gasteiger partial charge in [-0.2, -0.15) is 0 Å². The second-order valence-corrected chi connectivity index (χ2v) is 39.6. The first-order valence-corrected chi connectivity index (χ1v) is 51.4. The van der Waals surface area contributed by atoms with Crippen LogP contribution in [0.2, 0.25) is 5.02 Å². The van der Waals surface area contributed by atoms with Crippen LogP contribution in [0, 0.1) is 12.3 Å². The SMILES string of the molecule is CNc1ccnc2c1nc(N=[N+]=[N-])n2[C@@H]1O[C@H](COP(=O)(O)O)[C@@H](O)[C@H]1O.CNc1ccnc2c1ncn2[C@@H]1O[C@H](COP(=O)(O)O)[C@@H](O)[C@H]1O.CNc1nc(C)nc2c1ncn2[C@@H]1O[C@H](COP(=O)(O)O)[C@@H](O)[C@H]1O.Cn1cnc2c(ncn2[C@@H]2O[C@H](COP(=O)(O)O)[C@@H](O)[C@H]2O)c1=N.O=C1CC=Nc2c1ncn2[C@@H]1O[C@H](COP(=O)(O)O)[C@@H](O)[C@H]1O.O=P(O)(O)OC[C@H]1O[C@@H](n2cnc3c(Cl)ccnc32)[C@H](O)[C@@H]1O. The fraction of sp³-hybridized carbons (Fsp3) is 0.522. The van der Waals surface area contributed by atoms with Crippen LogP contribution >= 0.6 is 58.5 Å². The zero-order chi connectivity index (χ0) is 107. The molecular weight excluding hydrogens is 2120 g/mol. The summed E-state index contributed by atoms with van der Waals surface area (Å²) >= 11 is 6.00. The number of rotatable bonds is 28. The minimum Gasteiger partial charge on any atom is -0.387 e. The number of ether oxygens (including phenoxy) is 6. The first-order chi connectivity index (χ1) is 68.5. The van der Waals surface area contributed by atoms with E-state index >= 15 is 0 Å². The van der Waals surface area contributed by atoms with Crippen molar-refractivity contribution >= 4 is 155 Å². The van der Waals surface area contributed by atoms with Crippen molar-refractivity contribution in [2.45, 2.75) is 161 Å². The van der Waals surface area contributed by atoms with Crippen LogP contribution < -0.4 is 21.4 Å². The molecule has 70 nitrogen and oxygen atoms in total. The highest BCUT2D eigenvalue weighted by atomic mass is 35.5. The number of nitrogens with zero attached hydrogens (tertiary/aromatic N) is 23. The van der Waals surface area contributed by atoms with Gasteiger partial charge in [-0.05, 0) is 35.8 Å². The lowest BCUT2D eigenvalue weighted by atomic mass is 10.1. The number of carbonyl (C=O) groups is 1. The van der Waals surface area contributed by atoms with Crippen LogP contribution in [0.5, 0.6) is 0 Å². The molecular formula is C69H94ClN27O43P6. The van der Waals surface area contributed by atoms with E-state index in [1.807, 2.05) is 0 Å². The standard InChI is InChI=1S/C12H16N7O7P.C12H18N5O7P.C12H17N4O7P.C11H13ClN3O7P.C11H16N5O7P.C11H14N3O8P/c1-14-5-2-3-15-10-7(5)16-12(17-18-13)19(10)11-9(21)8(20)6(26-11)4-25-27(22,23)24;1-5-15-10(13-2)7-11(16-5)17(4-14-7)12-9(19)8(18)6(24-12)3-23-25(20,21)22;1-13-6-2-3-14-11-8(6)15-5-16(11)12-10(18)9(17)7(23-12)4-22-24(19,20)21;12-5-1-2-13-10-7(5)14-4-15(10)11-9(17)8(16)6(22-11)3-21-23(18,19)20;1-15-3-14-10-6(9(15)12)13-4-16(10)11-8(18)7(17)5(23-11)2-22-24(19,20)21;15-5-1-2-12-10-7(5)13-4-14(10)11-9(17)8(16)6(22-11)3-21-23(18,19)20/h2-3,6,8-9,11,20-21H,4H2,1H3,(H,14,15)(H2,22,23,24);4,6,8-9,12,18-19H,3H2,1-2H3,(H,13,15,16)(H2,20,21,22);2-3,5,7,9-10,12,17-18H,4H2,1H3,(H,13,14)(H2,19,20,21);1-2,4,6,8-9,11,16-17H,3H2,(H2,18,19,20);3-5,7-8,11-12,17-18H,2H2,1H3,(H2,19,20,21);2,4,6,8-9,11,16-17H,1,3H2,(H2,18,19,20)/t6-,8-,9-,11-;6-,8-,9-,12-;7-,9-,10-,12-;6-,8-,9-,11-;5-,7-,8-,11-;6-,8-,9-,11-/m111111/s1. The van der Waals surface area contributed by atoms with Gasteiger partial charge in [-0.3, -0.25) is 64.7 Å². The lowest BCUT2D eigenvalue weighted by molar-refractivity contribution is -0.0512. The van der Waals surface area contributed by atoms with Crippen molar-refractivity contribution in [2.24, 2.45) is 17.2 Å². The van der Waals surface area contributed by atoms with Crippen molar-refractivity contribution in [3.8, 4) is 0 Å². The largest absolute Gasteiger partial charge is 0.469 e. The number of carbonyl (C=O) groups excluding carboxylic acids is 1. The van der Waals surface area contributed by atoms with Gasteiger partial charge >= 0.3 is 46.9 Å². The molecule has 77 heteroatoms. The zero-order valence-corrected chi connectivity index (χ0v) is 81.3. The van der Waals surface area contributed by atoms with Crippen LogP contribution in [0.3, 0.4) is 0 Å².